The third-order valence-corrected chi connectivity index (χ3v) is 5.17. The number of ketones is 1. The van der Waals surface area contributed by atoms with Crippen molar-refractivity contribution in [3.8, 4) is 0 Å². The maximum Gasteiger partial charge on any atom is 0.319 e. The van der Waals surface area contributed by atoms with Crippen molar-refractivity contribution in [2.45, 2.75) is 59.3 Å². The molecule has 0 aromatic heterocycles. The number of hydrogen-bond donors (Lipinski definition) is 3. The number of urea groups is 1. The van der Waals surface area contributed by atoms with Crippen molar-refractivity contribution in [3.05, 3.63) is 65.0 Å². The van der Waals surface area contributed by atoms with Gasteiger partial charge in [-0.3, -0.25) is 4.79 Å². The Kier molecular flexibility index (Phi) is 12.9. The van der Waals surface area contributed by atoms with E-state index in [0.717, 1.165) is 5.56 Å². The molecule has 32 heavy (non-hydrogen) atoms. The van der Waals surface area contributed by atoms with E-state index in [2.05, 4.69) is 29.8 Å². The van der Waals surface area contributed by atoms with Gasteiger partial charge in [-0.1, -0.05) is 51.0 Å². The van der Waals surface area contributed by atoms with Gasteiger partial charge in [0.25, 0.3) is 0 Å². The van der Waals surface area contributed by atoms with E-state index >= 15 is 0 Å². The Bertz CT molecular complexity index is 831. The standard InChI is InChI=1S/C13H19F.C13H19N3O2/c1-3-5-11(6-4-2)12-7-9-13(14)10-8-12;1-9-4-5-11(10(2)17)8-12(9)16-13(18)15-7-6-14-3/h7-11H,3-6H2,1-2H3;4-5,8,14H,6-7H2,1-3H3,(H2,15,16,18). The maximum atomic E-state index is 12.7. The molecule has 0 radical (unpaired) electrons. The maximum absolute atomic E-state index is 12.7. The van der Waals surface area contributed by atoms with Gasteiger partial charge in [-0.2, -0.15) is 0 Å². The molecule has 2 aromatic carbocycles. The van der Waals surface area contributed by atoms with E-state index < -0.39 is 0 Å². The Hall–Kier alpha value is -2.73. The highest BCUT2D eigenvalue weighted by Crippen LogP contribution is 2.26. The molecule has 5 nitrogen and oxygen atoms in total. The van der Waals surface area contributed by atoms with Crippen molar-refractivity contribution < 1.29 is 14.0 Å². The normalized spacial score (nSPS) is 10.3. The molecule has 0 unspecified atom stereocenters. The fourth-order valence-electron chi connectivity index (χ4n) is 3.35. The van der Waals surface area contributed by atoms with E-state index in [1.807, 2.05) is 32.2 Å². The van der Waals surface area contributed by atoms with Crippen molar-refractivity contribution in [1.29, 1.82) is 0 Å². The van der Waals surface area contributed by atoms with Crippen LogP contribution in [0.3, 0.4) is 0 Å². The van der Waals surface area contributed by atoms with E-state index in [9.17, 15) is 14.0 Å². The van der Waals surface area contributed by atoms with Crippen LogP contribution in [-0.2, 0) is 0 Å². The molecule has 2 rings (SSSR count). The summed E-state index contributed by atoms with van der Waals surface area (Å²) < 4.78 is 12.7. The van der Waals surface area contributed by atoms with Gasteiger partial charge in [0.15, 0.2) is 5.78 Å². The summed E-state index contributed by atoms with van der Waals surface area (Å²) in [4.78, 5) is 22.9. The SMILES string of the molecule is CCCC(CCC)c1ccc(F)cc1.CNCCNC(=O)Nc1cc(C(C)=O)ccc1C. The second kappa shape index (κ2) is 15.1. The highest BCUT2D eigenvalue weighted by Gasteiger charge is 2.09. The first kappa shape index (κ1) is 27.3. The van der Waals surface area contributed by atoms with E-state index in [1.165, 1.54) is 38.2 Å². The molecule has 0 saturated heterocycles. The lowest BCUT2D eigenvalue weighted by Gasteiger charge is -2.15. The minimum atomic E-state index is -0.269. The lowest BCUT2D eigenvalue weighted by Crippen LogP contribution is -2.34. The first-order valence-corrected chi connectivity index (χ1v) is 11.4. The summed E-state index contributed by atoms with van der Waals surface area (Å²) in [7, 11) is 1.82. The smallest absolute Gasteiger partial charge is 0.319 e. The van der Waals surface area contributed by atoms with Gasteiger partial charge in [-0.15, -0.1) is 0 Å². The third kappa shape index (κ3) is 10.1. The summed E-state index contributed by atoms with van der Waals surface area (Å²) in [6.45, 7) is 9.04. The molecule has 0 aliphatic heterocycles. The van der Waals surface area contributed by atoms with Crippen LogP contribution in [0.4, 0.5) is 14.9 Å². The van der Waals surface area contributed by atoms with E-state index in [1.54, 1.807) is 24.3 Å². The second-order valence-electron chi connectivity index (χ2n) is 7.90. The van der Waals surface area contributed by atoms with E-state index in [4.69, 9.17) is 0 Å². The summed E-state index contributed by atoms with van der Waals surface area (Å²) in [5.74, 6) is 0.458. The van der Waals surface area contributed by atoms with E-state index in [0.29, 0.717) is 30.3 Å². The number of rotatable bonds is 10. The Labute approximate surface area is 192 Å². The van der Waals surface area contributed by atoms with Crippen molar-refractivity contribution in [2.24, 2.45) is 0 Å². The van der Waals surface area contributed by atoms with Crippen LogP contribution in [0, 0.1) is 12.7 Å². The number of likely N-dealkylation sites (N-methyl/N-ethyl adjacent to an activating group) is 1. The fourth-order valence-corrected chi connectivity index (χ4v) is 3.35. The van der Waals surface area contributed by atoms with E-state index in [-0.39, 0.29) is 17.6 Å². The minimum absolute atomic E-state index is 0.0198. The number of carbonyl (C=O) groups is 2. The van der Waals surface area contributed by atoms with Crippen LogP contribution in [-0.4, -0.2) is 32.0 Å². The van der Waals surface area contributed by atoms with Gasteiger partial charge >= 0.3 is 6.03 Å². The van der Waals surface area contributed by atoms with Crippen molar-refractivity contribution in [2.75, 3.05) is 25.5 Å². The molecule has 0 bridgehead atoms. The van der Waals surface area contributed by atoms with Crippen LogP contribution in [0.15, 0.2) is 42.5 Å². The predicted octanol–water partition coefficient (Wildman–Crippen LogP) is 6.05. The summed E-state index contributed by atoms with van der Waals surface area (Å²) in [5.41, 5.74) is 3.45. The zero-order valence-electron chi connectivity index (χ0n) is 20.1. The van der Waals surface area contributed by atoms with Crippen LogP contribution in [0.25, 0.3) is 0 Å². The van der Waals surface area contributed by atoms with Crippen LogP contribution in [0.2, 0.25) is 0 Å². The first-order valence-electron chi connectivity index (χ1n) is 11.4. The van der Waals surface area contributed by atoms with Crippen LogP contribution in [0.5, 0.6) is 0 Å². The van der Waals surface area contributed by atoms with Crippen molar-refractivity contribution in [3.63, 3.8) is 0 Å². The Morgan fingerprint density at radius 2 is 1.59 bits per heavy atom. The average molecular weight is 444 g/mol. The molecule has 0 atom stereocenters. The molecule has 2 amide bonds. The highest BCUT2D eigenvalue weighted by molar-refractivity contribution is 5.97. The van der Waals surface area contributed by atoms with Crippen LogP contribution in [0.1, 0.15) is 73.9 Å². The largest absolute Gasteiger partial charge is 0.337 e. The first-order chi connectivity index (χ1) is 15.3. The number of hydrogen-bond acceptors (Lipinski definition) is 3. The number of amides is 2. The molecular weight excluding hydrogens is 405 g/mol. The number of aryl methyl sites for hydroxylation is 1. The average Bonchev–Trinajstić information content (AvgIpc) is 2.76. The highest BCUT2D eigenvalue weighted by atomic mass is 19.1. The summed E-state index contributed by atoms with van der Waals surface area (Å²) in [6.07, 6.45) is 4.81. The van der Waals surface area contributed by atoms with Crippen LogP contribution >= 0.6 is 0 Å². The number of Topliss-reactive ketones (excluding diaryl/α,β-unsaturated/α-hetero) is 1. The Morgan fingerprint density at radius 3 is 2.12 bits per heavy atom. The molecular formula is C26H38FN3O2. The van der Waals surface area contributed by atoms with Gasteiger partial charge in [0, 0.05) is 24.3 Å². The molecule has 0 aliphatic rings. The second-order valence-corrected chi connectivity index (χ2v) is 7.90. The molecule has 0 spiro atoms. The lowest BCUT2D eigenvalue weighted by molar-refractivity contribution is 0.101. The quantitative estimate of drug-likeness (QED) is 0.309. The molecule has 3 N–H and O–H groups in total. The topological polar surface area (TPSA) is 70.2 Å². The summed E-state index contributed by atoms with van der Waals surface area (Å²) >= 11 is 0. The molecule has 176 valence electrons. The molecule has 6 heteroatoms. The lowest BCUT2D eigenvalue weighted by atomic mass is 9.90. The summed E-state index contributed by atoms with van der Waals surface area (Å²) in [6, 6.07) is 12.0. The van der Waals surface area contributed by atoms with Gasteiger partial charge in [-0.05, 0) is 69.0 Å². The van der Waals surface area contributed by atoms with Gasteiger partial charge in [0.2, 0.25) is 0 Å². The molecule has 0 heterocycles. The number of carbonyl (C=O) groups excluding carboxylic acids is 2. The number of anilines is 1. The van der Waals surface area contributed by atoms with Crippen molar-refractivity contribution in [1.82, 2.24) is 10.6 Å². The predicted molar refractivity (Wildman–Crippen MR) is 131 cm³/mol. The van der Waals surface area contributed by atoms with Crippen LogP contribution < -0.4 is 16.0 Å². The number of halogens is 1. The van der Waals surface area contributed by atoms with Gasteiger partial charge in [-0.25, -0.2) is 9.18 Å². The van der Waals surface area contributed by atoms with Gasteiger partial charge in [0.05, 0.1) is 0 Å². The zero-order valence-corrected chi connectivity index (χ0v) is 20.1. The molecule has 0 aliphatic carbocycles. The Balaban J connectivity index is 0.000000330. The van der Waals surface area contributed by atoms with Crippen molar-refractivity contribution >= 4 is 17.5 Å². The number of benzene rings is 2. The number of nitrogens with one attached hydrogen (secondary N) is 3. The Morgan fingerprint density at radius 1 is 0.969 bits per heavy atom. The fraction of sp³-hybridized carbons (Fsp3) is 0.462. The molecule has 0 fully saturated rings. The zero-order chi connectivity index (χ0) is 23.9. The third-order valence-electron chi connectivity index (χ3n) is 5.17. The monoisotopic (exact) mass is 443 g/mol. The minimum Gasteiger partial charge on any atom is -0.337 e. The molecule has 2 aromatic rings. The van der Waals surface area contributed by atoms with Gasteiger partial charge in [0.1, 0.15) is 5.82 Å². The summed E-state index contributed by atoms with van der Waals surface area (Å²) in [5, 5.41) is 8.38. The molecule has 0 saturated carbocycles. The van der Waals surface area contributed by atoms with Gasteiger partial charge < -0.3 is 16.0 Å².